The Morgan fingerprint density at radius 1 is 1.60 bits per heavy atom. The van der Waals surface area contributed by atoms with Crippen LogP contribution in [0.5, 0.6) is 0 Å². The van der Waals surface area contributed by atoms with Gasteiger partial charge < -0.3 is 0 Å². The van der Waals surface area contributed by atoms with Crippen LogP contribution < -0.4 is 4.57 Å². The van der Waals surface area contributed by atoms with Crippen LogP contribution in [0.3, 0.4) is 0 Å². The Balaban J connectivity index is 2.63. The fourth-order valence-corrected chi connectivity index (χ4v) is 1.76. The molecule has 0 atom stereocenters. The van der Waals surface area contributed by atoms with Gasteiger partial charge in [-0.3, -0.25) is 4.99 Å². The van der Waals surface area contributed by atoms with Crippen molar-refractivity contribution < 1.29 is 4.57 Å². The number of thiazole rings is 1. The lowest BCUT2D eigenvalue weighted by Crippen LogP contribution is -2.24. The lowest BCUT2D eigenvalue weighted by molar-refractivity contribution is -0.561. The van der Waals surface area contributed by atoms with Crippen LogP contribution >= 0.6 is 11.3 Å². The summed E-state index contributed by atoms with van der Waals surface area (Å²) in [5.41, 5.74) is 4.33. The molecule has 0 unspecified atom stereocenters. The Kier molecular flexibility index (Phi) is 1.17. The van der Waals surface area contributed by atoms with Crippen molar-refractivity contribution in [3.8, 4) is 0 Å². The Morgan fingerprint density at radius 2 is 2.50 bits per heavy atom. The maximum Gasteiger partial charge on any atom is 0.247 e. The summed E-state index contributed by atoms with van der Waals surface area (Å²) in [5.74, 6) is 0. The maximum atomic E-state index is 4.12. The summed E-state index contributed by atoms with van der Waals surface area (Å²) in [6.45, 7) is 0. The van der Waals surface area contributed by atoms with Gasteiger partial charge >= 0.3 is 0 Å². The van der Waals surface area contributed by atoms with Gasteiger partial charge in [0.2, 0.25) is 11.2 Å². The minimum Gasteiger partial charge on any atom is -0.282 e. The molecule has 50 valence electrons. The zero-order valence-corrected chi connectivity index (χ0v) is 6.43. The summed E-state index contributed by atoms with van der Waals surface area (Å²) >= 11 is 1.69. The highest BCUT2D eigenvalue weighted by atomic mass is 32.1. The molecule has 3 heteroatoms. The van der Waals surface area contributed by atoms with E-state index in [1.54, 1.807) is 11.3 Å². The van der Waals surface area contributed by atoms with Crippen LogP contribution in [0.1, 0.15) is 5.69 Å². The summed E-state index contributed by atoms with van der Waals surface area (Å²) in [7, 11) is 1.81. The summed E-state index contributed by atoms with van der Waals surface area (Å²) in [5, 5.41) is 2.10. The number of fused-ring (bicyclic) bond motifs is 1. The number of allylic oxidation sites excluding steroid dienone is 1. The second kappa shape index (κ2) is 2.02. The molecule has 1 aliphatic heterocycles. The Labute approximate surface area is 63.2 Å². The van der Waals surface area contributed by atoms with Crippen molar-refractivity contribution in [2.45, 2.75) is 0 Å². The van der Waals surface area contributed by atoms with Gasteiger partial charge in [0, 0.05) is 13.1 Å². The first-order valence-electron chi connectivity index (χ1n) is 3.04. The van der Waals surface area contributed by atoms with Crippen molar-refractivity contribution in [1.82, 2.24) is 0 Å². The van der Waals surface area contributed by atoms with Crippen LogP contribution in [0.2, 0.25) is 0 Å². The van der Waals surface area contributed by atoms with Gasteiger partial charge in [0.1, 0.15) is 5.71 Å². The van der Waals surface area contributed by atoms with Crippen LogP contribution in [0.4, 0.5) is 0 Å². The van der Waals surface area contributed by atoms with Gasteiger partial charge in [-0.1, -0.05) is 11.3 Å². The van der Waals surface area contributed by atoms with E-state index in [2.05, 4.69) is 20.5 Å². The number of hydrogen-bond donors (Lipinski definition) is 0. The van der Waals surface area contributed by atoms with Gasteiger partial charge in [-0.25, -0.2) is 0 Å². The van der Waals surface area contributed by atoms with E-state index >= 15 is 0 Å². The monoisotopic (exact) mass is 151 g/mol. The number of nitrogens with zero attached hydrogens (tertiary/aromatic N) is 2. The van der Waals surface area contributed by atoms with E-state index in [4.69, 9.17) is 0 Å². The van der Waals surface area contributed by atoms with Crippen LogP contribution in [-0.4, -0.2) is 12.8 Å². The first kappa shape index (κ1) is 5.80. The number of rotatable bonds is 0. The molecule has 1 aromatic rings. The van der Waals surface area contributed by atoms with Crippen molar-refractivity contribution in [2.24, 2.45) is 4.99 Å². The lowest BCUT2D eigenvalue weighted by atomic mass is 10.3. The maximum absolute atomic E-state index is 4.12. The zero-order chi connectivity index (χ0) is 6.97. The standard InChI is InChI=1S/C7H7N2S/c1-8-6-2-3-9-5-10-4-7(6)9/h2-5H,1H3/q+1. The largest absolute Gasteiger partial charge is 0.282 e. The zero-order valence-electron chi connectivity index (χ0n) is 5.61. The molecule has 0 fully saturated rings. The van der Waals surface area contributed by atoms with Crippen molar-refractivity contribution in [3.05, 3.63) is 22.7 Å². The number of aromatic nitrogens is 1. The molecular weight excluding hydrogens is 144 g/mol. The van der Waals surface area contributed by atoms with Crippen LogP contribution in [0, 0.1) is 0 Å². The van der Waals surface area contributed by atoms with Crippen LogP contribution in [0.15, 0.2) is 22.0 Å². The summed E-state index contributed by atoms with van der Waals surface area (Å²) in [4.78, 5) is 4.12. The molecule has 0 N–H and O–H groups in total. The van der Waals surface area contributed by atoms with Crippen LogP contribution in [-0.2, 0) is 0 Å². The predicted molar refractivity (Wildman–Crippen MR) is 42.3 cm³/mol. The highest BCUT2D eigenvalue weighted by Crippen LogP contribution is 2.07. The quantitative estimate of drug-likeness (QED) is 0.491. The molecule has 2 rings (SSSR count). The van der Waals surface area contributed by atoms with Gasteiger partial charge in [0.25, 0.3) is 0 Å². The minimum atomic E-state index is 1.07. The first-order chi connectivity index (χ1) is 4.92. The van der Waals surface area contributed by atoms with E-state index in [0.29, 0.717) is 0 Å². The minimum absolute atomic E-state index is 1.07. The highest BCUT2D eigenvalue weighted by molar-refractivity contribution is 7.07. The molecular formula is C7H7N2S+. The SMILES string of the molecule is CN=C1C=C[n+]2cscc21. The molecule has 1 aliphatic rings. The molecule has 2 nitrogen and oxygen atoms in total. The van der Waals surface area contributed by atoms with E-state index in [1.165, 1.54) is 5.69 Å². The predicted octanol–water partition coefficient (Wildman–Crippen LogP) is 0.939. The number of hydrogen-bond acceptors (Lipinski definition) is 2. The fraction of sp³-hybridized carbons (Fsp3) is 0.143. The van der Waals surface area contributed by atoms with E-state index < -0.39 is 0 Å². The average Bonchev–Trinajstić information content (AvgIpc) is 2.44. The number of aliphatic imine (C=N–C) groups is 1. The summed E-state index contributed by atoms with van der Waals surface area (Å²) in [6, 6.07) is 0. The molecule has 0 radical (unpaired) electrons. The Bertz CT molecular complexity index is 309. The van der Waals surface area contributed by atoms with Crippen LogP contribution in [0.25, 0.3) is 6.20 Å². The first-order valence-corrected chi connectivity index (χ1v) is 3.99. The van der Waals surface area contributed by atoms with E-state index in [-0.39, 0.29) is 0 Å². The van der Waals surface area contributed by atoms with Crippen molar-refractivity contribution in [3.63, 3.8) is 0 Å². The molecule has 10 heavy (non-hydrogen) atoms. The van der Waals surface area contributed by atoms with E-state index in [0.717, 1.165) is 5.71 Å². The molecule has 0 saturated heterocycles. The van der Waals surface area contributed by atoms with Crippen molar-refractivity contribution >= 4 is 23.2 Å². The topological polar surface area (TPSA) is 16.2 Å². The van der Waals surface area contributed by atoms with E-state index in [1.807, 2.05) is 19.3 Å². The Morgan fingerprint density at radius 3 is 3.30 bits per heavy atom. The van der Waals surface area contributed by atoms with Crippen molar-refractivity contribution in [2.75, 3.05) is 7.05 Å². The molecule has 1 aromatic heterocycles. The molecule has 2 heterocycles. The van der Waals surface area contributed by atoms with Gasteiger partial charge in [0.05, 0.1) is 5.38 Å². The molecule has 0 spiro atoms. The molecule has 0 bridgehead atoms. The van der Waals surface area contributed by atoms with Crippen molar-refractivity contribution in [1.29, 1.82) is 0 Å². The summed E-state index contributed by atoms with van der Waals surface area (Å²) in [6.07, 6.45) is 4.04. The average molecular weight is 151 g/mol. The molecule has 0 saturated carbocycles. The summed E-state index contributed by atoms with van der Waals surface area (Å²) < 4.78 is 2.08. The van der Waals surface area contributed by atoms with Gasteiger partial charge in [-0.15, -0.1) is 0 Å². The lowest BCUT2D eigenvalue weighted by Gasteiger charge is -1.80. The highest BCUT2D eigenvalue weighted by Gasteiger charge is 2.19. The van der Waals surface area contributed by atoms with E-state index in [9.17, 15) is 0 Å². The van der Waals surface area contributed by atoms with Gasteiger partial charge in [-0.05, 0) is 0 Å². The third-order valence-electron chi connectivity index (χ3n) is 1.53. The van der Waals surface area contributed by atoms with Gasteiger partial charge in [0.15, 0.2) is 6.20 Å². The fourth-order valence-electron chi connectivity index (χ4n) is 1.01. The van der Waals surface area contributed by atoms with Gasteiger partial charge in [-0.2, -0.15) is 4.57 Å². The third kappa shape index (κ3) is 0.640. The normalized spacial score (nSPS) is 18.3. The Hall–Kier alpha value is -0.960. The molecule has 0 amide bonds. The third-order valence-corrected chi connectivity index (χ3v) is 2.24. The molecule has 0 aromatic carbocycles. The second-order valence-corrected chi connectivity index (χ2v) is 2.80. The second-order valence-electron chi connectivity index (χ2n) is 2.08. The smallest absolute Gasteiger partial charge is 0.247 e. The molecule has 0 aliphatic carbocycles.